The van der Waals surface area contributed by atoms with Gasteiger partial charge in [0, 0.05) is 18.8 Å². The number of carbonyl (C=O) groups is 1. The molecule has 15 heavy (non-hydrogen) atoms. The molecule has 0 spiro atoms. The van der Waals surface area contributed by atoms with Crippen LogP contribution in [0.25, 0.3) is 0 Å². The molecule has 1 aliphatic heterocycles. The van der Waals surface area contributed by atoms with Gasteiger partial charge in [-0.15, -0.1) is 0 Å². The molecular weight excluding hydrogens is 214 g/mol. The van der Waals surface area contributed by atoms with Crippen LogP contribution in [0.1, 0.15) is 23.2 Å². The van der Waals surface area contributed by atoms with E-state index in [4.69, 9.17) is 16.7 Å². The molecule has 1 aliphatic rings. The normalized spacial score (nSPS) is 15.7. The summed E-state index contributed by atoms with van der Waals surface area (Å²) in [5.74, 6) is -0.971. The predicted octanol–water partition coefficient (Wildman–Crippen LogP) is 2.64. The Labute approximate surface area is 93.3 Å². The van der Waals surface area contributed by atoms with Crippen molar-refractivity contribution in [1.29, 1.82) is 0 Å². The second-order valence-corrected chi connectivity index (χ2v) is 4.07. The van der Waals surface area contributed by atoms with E-state index in [0.29, 0.717) is 5.02 Å². The lowest BCUT2D eigenvalue weighted by molar-refractivity contribution is 0.0697. The highest BCUT2D eigenvalue weighted by Crippen LogP contribution is 2.25. The number of carboxylic acids is 1. The molecule has 4 heteroatoms. The number of benzene rings is 1. The first-order chi connectivity index (χ1) is 7.18. The van der Waals surface area contributed by atoms with Crippen LogP contribution in [0, 0.1) is 0 Å². The average Bonchev–Trinajstić information content (AvgIpc) is 2.71. The maximum atomic E-state index is 10.9. The second-order valence-electron chi connectivity index (χ2n) is 3.66. The molecule has 0 unspecified atom stereocenters. The van der Waals surface area contributed by atoms with Gasteiger partial charge >= 0.3 is 5.97 Å². The van der Waals surface area contributed by atoms with Crippen LogP contribution in [0.4, 0.5) is 5.69 Å². The molecular formula is C11H12ClNO2. The van der Waals surface area contributed by atoms with E-state index in [1.807, 2.05) is 6.07 Å². The van der Waals surface area contributed by atoms with Crippen LogP contribution in [0.5, 0.6) is 0 Å². The number of carboxylic acid groups (broad SMARTS) is 1. The zero-order chi connectivity index (χ0) is 10.8. The Kier molecular flexibility index (Phi) is 2.82. The Morgan fingerprint density at radius 2 is 2.00 bits per heavy atom. The third-order valence-corrected chi connectivity index (χ3v) is 2.98. The first-order valence-corrected chi connectivity index (χ1v) is 5.34. The molecule has 1 heterocycles. The standard InChI is InChI=1S/C11H12ClNO2/c12-10-4-3-8(7-9(10)11(14)15)13-5-1-2-6-13/h3-4,7H,1-2,5-6H2,(H,14,15). The summed E-state index contributed by atoms with van der Waals surface area (Å²) < 4.78 is 0. The molecule has 0 radical (unpaired) electrons. The lowest BCUT2D eigenvalue weighted by Crippen LogP contribution is -2.18. The minimum Gasteiger partial charge on any atom is -0.478 e. The summed E-state index contributed by atoms with van der Waals surface area (Å²) in [6, 6.07) is 5.18. The lowest BCUT2D eigenvalue weighted by atomic mass is 10.2. The molecule has 1 aromatic carbocycles. The number of aromatic carboxylic acids is 1. The summed E-state index contributed by atoms with van der Waals surface area (Å²) in [4.78, 5) is 13.1. The summed E-state index contributed by atoms with van der Waals surface area (Å²) in [6.45, 7) is 2.00. The van der Waals surface area contributed by atoms with Gasteiger partial charge in [-0.3, -0.25) is 0 Å². The van der Waals surface area contributed by atoms with E-state index in [9.17, 15) is 4.79 Å². The molecule has 0 aromatic heterocycles. The molecule has 0 amide bonds. The van der Waals surface area contributed by atoms with Gasteiger partial charge in [-0.05, 0) is 31.0 Å². The molecule has 1 saturated heterocycles. The summed E-state index contributed by atoms with van der Waals surface area (Å²) in [6.07, 6.45) is 2.34. The van der Waals surface area contributed by atoms with Crippen molar-refractivity contribution < 1.29 is 9.90 Å². The fourth-order valence-corrected chi connectivity index (χ4v) is 2.05. The second kappa shape index (κ2) is 4.11. The Morgan fingerprint density at radius 1 is 1.33 bits per heavy atom. The molecule has 3 nitrogen and oxygen atoms in total. The Balaban J connectivity index is 2.33. The van der Waals surface area contributed by atoms with Crippen LogP contribution in [-0.4, -0.2) is 24.2 Å². The van der Waals surface area contributed by atoms with Crippen LogP contribution in [-0.2, 0) is 0 Å². The first kappa shape index (κ1) is 10.3. The van der Waals surface area contributed by atoms with Crippen molar-refractivity contribution in [2.24, 2.45) is 0 Å². The van der Waals surface area contributed by atoms with E-state index >= 15 is 0 Å². The summed E-state index contributed by atoms with van der Waals surface area (Å²) in [5, 5.41) is 9.23. The van der Waals surface area contributed by atoms with Gasteiger partial charge in [-0.25, -0.2) is 4.79 Å². The molecule has 2 rings (SSSR count). The third kappa shape index (κ3) is 2.07. The molecule has 0 bridgehead atoms. The maximum Gasteiger partial charge on any atom is 0.337 e. The summed E-state index contributed by atoms with van der Waals surface area (Å²) >= 11 is 5.80. The number of hydrogen-bond donors (Lipinski definition) is 1. The Hall–Kier alpha value is -1.22. The van der Waals surface area contributed by atoms with Crippen LogP contribution < -0.4 is 4.90 Å². The van der Waals surface area contributed by atoms with Crippen molar-refractivity contribution in [1.82, 2.24) is 0 Å². The fourth-order valence-electron chi connectivity index (χ4n) is 1.85. The van der Waals surface area contributed by atoms with Gasteiger partial charge < -0.3 is 10.0 Å². The molecule has 1 N–H and O–H groups in total. The van der Waals surface area contributed by atoms with Crippen molar-refractivity contribution in [2.45, 2.75) is 12.8 Å². The van der Waals surface area contributed by atoms with Crippen molar-refractivity contribution in [3.05, 3.63) is 28.8 Å². The zero-order valence-electron chi connectivity index (χ0n) is 8.24. The monoisotopic (exact) mass is 225 g/mol. The van der Waals surface area contributed by atoms with Gasteiger partial charge in [0.05, 0.1) is 10.6 Å². The van der Waals surface area contributed by atoms with Gasteiger partial charge in [0.25, 0.3) is 0 Å². The molecule has 0 aliphatic carbocycles. The van der Waals surface area contributed by atoms with Gasteiger partial charge in [0.1, 0.15) is 0 Å². The van der Waals surface area contributed by atoms with Gasteiger partial charge in [0.2, 0.25) is 0 Å². The zero-order valence-corrected chi connectivity index (χ0v) is 9.00. The van der Waals surface area contributed by atoms with Crippen LogP contribution in [0.15, 0.2) is 18.2 Å². The van der Waals surface area contributed by atoms with E-state index in [2.05, 4.69) is 4.90 Å². The highest BCUT2D eigenvalue weighted by molar-refractivity contribution is 6.33. The minimum atomic E-state index is -0.971. The lowest BCUT2D eigenvalue weighted by Gasteiger charge is -2.18. The van der Waals surface area contributed by atoms with Gasteiger partial charge in [-0.2, -0.15) is 0 Å². The molecule has 0 saturated carbocycles. The number of hydrogen-bond acceptors (Lipinski definition) is 2. The van der Waals surface area contributed by atoms with E-state index in [1.54, 1.807) is 12.1 Å². The van der Waals surface area contributed by atoms with E-state index < -0.39 is 5.97 Å². The third-order valence-electron chi connectivity index (χ3n) is 2.65. The molecule has 1 fully saturated rings. The SMILES string of the molecule is O=C(O)c1cc(N2CCCC2)ccc1Cl. The van der Waals surface area contributed by atoms with Crippen LogP contribution in [0.3, 0.4) is 0 Å². The van der Waals surface area contributed by atoms with Crippen LogP contribution >= 0.6 is 11.6 Å². The first-order valence-electron chi connectivity index (χ1n) is 4.96. The number of anilines is 1. The van der Waals surface area contributed by atoms with E-state index in [1.165, 1.54) is 12.8 Å². The Bertz CT molecular complexity index is 386. The predicted molar refractivity (Wildman–Crippen MR) is 59.9 cm³/mol. The number of nitrogens with zero attached hydrogens (tertiary/aromatic N) is 1. The van der Waals surface area contributed by atoms with E-state index in [-0.39, 0.29) is 5.56 Å². The van der Waals surface area contributed by atoms with E-state index in [0.717, 1.165) is 18.8 Å². The highest BCUT2D eigenvalue weighted by Gasteiger charge is 2.15. The van der Waals surface area contributed by atoms with Crippen molar-refractivity contribution in [3.63, 3.8) is 0 Å². The topological polar surface area (TPSA) is 40.5 Å². The largest absolute Gasteiger partial charge is 0.478 e. The highest BCUT2D eigenvalue weighted by atomic mass is 35.5. The molecule has 1 aromatic rings. The van der Waals surface area contributed by atoms with Crippen molar-refractivity contribution in [2.75, 3.05) is 18.0 Å². The Morgan fingerprint density at radius 3 is 2.60 bits per heavy atom. The molecule has 80 valence electrons. The fraction of sp³-hybridized carbons (Fsp3) is 0.364. The van der Waals surface area contributed by atoms with Crippen molar-refractivity contribution >= 4 is 23.3 Å². The summed E-state index contributed by atoms with van der Waals surface area (Å²) in [5.41, 5.74) is 1.13. The minimum absolute atomic E-state index is 0.182. The van der Waals surface area contributed by atoms with Gasteiger partial charge in [-0.1, -0.05) is 11.6 Å². The maximum absolute atomic E-state index is 10.9. The summed E-state index contributed by atoms with van der Waals surface area (Å²) in [7, 11) is 0. The van der Waals surface area contributed by atoms with Gasteiger partial charge in [0.15, 0.2) is 0 Å². The average molecular weight is 226 g/mol. The quantitative estimate of drug-likeness (QED) is 0.841. The van der Waals surface area contributed by atoms with Crippen LogP contribution in [0.2, 0.25) is 5.02 Å². The smallest absolute Gasteiger partial charge is 0.337 e. The number of halogens is 1. The molecule has 0 atom stereocenters. The number of rotatable bonds is 2. The van der Waals surface area contributed by atoms with Crippen molar-refractivity contribution in [3.8, 4) is 0 Å².